The molecular formula is C18H23NO4S. The molecule has 0 aliphatic carbocycles. The van der Waals surface area contributed by atoms with Crippen LogP contribution in [-0.4, -0.2) is 44.2 Å². The lowest BCUT2D eigenvalue weighted by Crippen LogP contribution is -2.42. The minimum absolute atomic E-state index is 0.0380. The first kappa shape index (κ1) is 17.0. The van der Waals surface area contributed by atoms with Crippen molar-refractivity contribution in [1.82, 2.24) is 4.90 Å². The minimum atomic E-state index is -3.09. The van der Waals surface area contributed by atoms with E-state index in [1.165, 1.54) is 5.41 Å². The van der Waals surface area contributed by atoms with Crippen LogP contribution in [0.25, 0.3) is 0 Å². The van der Waals surface area contributed by atoms with Crippen molar-refractivity contribution in [3.05, 3.63) is 41.3 Å². The zero-order valence-electron chi connectivity index (χ0n) is 13.8. The number of amides is 1. The van der Waals surface area contributed by atoms with E-state index in [4.69, 9.17) is 4.74 Å². The van der Waals surface area contributed by atoms with Crippen LogP contribution in [0.5, 0.6) is 5.75 Å². The van der Waals surface area contributed by atoms with Gasteiger partial charge >= 0.3 is 0 Å². The van der Waals surface area contributed by atoms with Crippen LogP contribution in [0.3, 0.4) is 0 Å². The molecule has 0 spiro atoms. The SMILES string of the molecule is Cc1ccccc1OC1CCN(C(=O)C[C@H]2C=CS(=O)(=O)C2)CC1. The molecule has 24 heavy (non-hydrogen) atoms. The molecule has 1 aromatic carbocycles. The average Bonchev–Trinajstić information content (AvgIpc) is 2.89. The summed E-state index contributed by atoms with van der Waals surface area (Å²) in [7, 11) is -3.09. The molecule has 0 unspecified atom stereocenters. The second-order valence-corrected chi connectivity index (χ2v) is 8.52. The molecule has 0 bridgehead atoms. The summed E-state index contributed by atoms with van der Waals surface area (Å²) >= 11 is 0. The van der Waals surface area contributed by atoms with Gasteiger partial charge in [-0.15, -0.1) is 0 Å². The fraction of sp³-hybridized carbons (Fsp3) is 0.500. The summed E-state index contributed by atoms with van der Waals surface area (Å²) in [5.41, 5.74) is 1.12. The Morgan fingerprint density at radius 2 is 1.96 bits per heavy atom. The highest BCUT2D eigenvalue weighted by Crippen LogP contribution is 2.24. The first-order valence-electron chi connectivity index (χ1n) is 8.34. The van der Waals surface area contributed by atoms with Gasteiger partial charge in [0.1, 0.15) is 11.9 Å². The molecule has 0 N–H and O–H groups in total. The lowest BCUT2D eigenvalue weighted by Gasteiger charge is -2.33. The monoisotopic (exact) mass is 349 g/mol. The van der Waals surface area contributed by atoms with Gasteiger partial charge in [-0.25, -0.2) is 8.42 Å². The van der Waals surface area contributed by atoms with Crippen molar-refractivity contribution in [3.8, 4) is 5.75 Å². The number of likely N-dealkylation sites (tertiary alicyclic amines) is 1. The number of hydrogen-bond donors (Lipinski definition) is 0. The lowest BCUT2D eigenvalue weighted by molar-refractivity contribution is -0.133. The number of aryl methyl sites for hydroxylation is 1. The van der Waals surface area contributed by atoms with E-state index in [9.17, 15) is 13.2 Å². The van der Waals surface area contributed by atoms with Gasteiger partial charge in [0.2, 0.25) is 5.91 Å². The minimum Gasteiger partial charge on any atom is -0.490 e. The number of rotatable bonds is 4. The van der Waals surface area contributed by atoms with E-state index in [2.05, 4.69) is 0 Å². The maximum absolute atomic E-state index is 12.3. The summed E-state index contributed by atoms with van der Waals surface area (Å²) in [6.07, 6.45) is 3.65. The average molecular weight is 349 g/mol. The van der Waals surface area contributed by atoms with Gasteiger partial charge in [0.05, 0.1) is 5.75 Å². The number of piperidine rings is 1. The van der Waals surface area contributed by atoms with Crippen LogP contribution < -0.4 is 4.74 Å². The maximum Gasteiger partial charge on any atom is 0.223 e. The van der Waals surface area contributed by atoms with Gasteiger partial charge in [-0.05, 0) is 18.6 Å². The molecule has 1 atom stereocenters. The quantitative estimate of drug-likeness (QED) is 0.837. The van der Waals surface area contributed by atoms with Gasteiger partial charge in [-0.2, -0.15) is 0 Å². The summed E-state index contributed by atoms with van der Waals surface area (Å²) < 4.78 is 28.9. The predicted molar refractivity (Wildman–Crippen MR) is 92.4 cm³/mol. The first-order valence-corrected chi connectivity index (χ1v) is 10.1. The van der Waals surface area contributed by atoms with Crippen molar-refractivity contribution in [2.24, 2.45) is 5.92 Å². The number of hydrogen-bond acceptors (Lipinski definition) is 4. The van der Waals surface area contributed by atoms with Gasteiger partial charge in [0.25, 0.3) is 0 Å². The number of allylic oxidation sites excluding steroid dienone is 1. The van der Waals surface area contributed by atoms with Crippen molar-refractivity contribution >= 4 is 15.7 Å². The summed E-state index contributed by atoms with van der Waals surface area (Å²) in [5.74, 6) is 0.828. The van der Waals surface area contributed by atoms with Crippen LogP contribution >= 0.6 is 0 Å². The van der Waals surface area contributed by atoms with Crippen LogP contribution in [0.1, 0.15) is 24.8 Å². The third kappa shape index (κ3) is 4.17. The molecule has 5 nitrogen and oxygen atoms in total. The molecule has 0 saturated carbocycles. The van der Waals surface area contributed by atoms with E-state index in [0.29, 0.717) is 13.1 Å². The smallest absolute Gasteiger partial charge is 0.223 e. The largest absolute Gasteiger partial charge is 0.490 e. The normalized spacial score (nSPS) is 23.4. The van der Waals surface area contributed by atoms with E-state index in [1.807, 2.05) is 36.1 Å². The van der Waals surface area contributed by atoms with Gasteiger partial charge < -0.3 is 9.64 Å². The Labute approximate surface area is 143 Å². The van der Waals surface area contributed by atoms with Crippen molar-refractivity contribution in [2.75, 3.05) is 18.8 Å². The molecule has 2 aliphatic heterocycles. The fourth-order valence-electron chi connectivity index (χ4n) is 3.21. The molecular weight excluding hydrogens is 326 g/mol. The molecule has 1 amide bonds. The zero-order chi connectivity index (χ0) is 17.2. The van der Waals surface area contributed by atoms with Gasteiger partial charge in [0, 0.05) is 43.7 Å². The predicted octanol–water partition coefficient (Wildman–Crippen LogP) is 2.31. The van der Waals surface area contributed by atoms with Gasteiger partial charge in [-0.3, -0.25) is 4.79 Å². The van der Waals surface area contributed by atoms with Crippen molar-refractivity contribution in [1.29, 1.82) is 0 Å². The summed E-state index contributed by atoms with van der Waals surface area (Å²) in [4.78, 5) is 14.2. The maximum atomic E-state index is 12.3. The van der Waals surface area contributed by atoms with Crippen LogP contribution in [0.15, 0.2) is 35.7 Å². The summed E-state index contributed by atoms with van der Waals surface area (Å²) in [5, 5.41) is 1.23. The second kappa shape index (κ2) is 6.97. The standard InChI is InChI=1S/C18H23NO4S/c1-14-4-2-3-5-17(14)23-16-6-9-19(10-7-16)18(20)12-15-8-11-24(21,22)13-15/h2-5,8,11,15-16H,6-7,9-10,12-13H2,1H3/t15-/m1/s1. The number of carbonyl (C=O) groups excluding carboxylic acids is 1. The zero-order valence-corrected chi connectivity index (χ0v) is 14.7. The highest BCUT2D eigenvalue weighted by atomic mass is 32.2. The molecule has 2 heterocycles. The van der Waals surface area contributed by atoms with Crippen LogP contribution in [-0.2, 0) is 14.6 Å². The third-order valence-electron chi connectivity index (χ3n) is 4.62. The topological polar surface area (TPSA) is 63.7 Å². The first-order chi connectivity index (χ1) is 11.4. The number of ether oxygens (including phenoxy) is 1. The number of sulfone groups is 1. The van der Waals surface area contributed by atoms with Crippen molar-refractivity contribution in [2.45, 2.75) is 32.3 Å². The Kier molecular flexibility index (Phi) is 4.94. The van der Waals surface area contributed by atoms with Crippen LogP contribution in [0, 0.1) is 12.8 Å². The Hall–Kier alpha value is -1.82. The second-order valence-electron chi connectivity index (χ2n) is 6.59. The van der Waals surface area contributed by atoms with E-state index in [0.717, 1.165) is 24.2 Å². The van der Waals surface area contributed by atoms with E-state index >= 15 is 0 Å². The molecule has 2 aliphatic rings. The third-order valence-corrected chi connectivity index (χ3v) is 6.09. The number of benzene rings is 1. The van der Waals surface area contributed by atoms with E-state index in [-0.39, 0.29) is 30.1 Å². The molecule has 0 aromatic heterocycles. The van der Waals surface area contributed by atoms with Crippen LogP contribution in [0.4, 0.5) is 0 Å². The summed E-state index contributed by atoms with van der Waals surface area (Å²) in [6, 6.07) is 7.95. The molecule has 6 heteroatoms. The Morgan fingerprint density at radius 1 is 1.25 bits per heavy atom. The van der Waals surface area contributed by atoms with Gasteiger partial charge in [-0.1, -0.05) is 24.3 Å². The highest BCUT2D eigenvalue weighted by Gasteiger charge is 2.28. The Balaban J connectivity index is 1.47. The summed E-state index contributed by atoms with van der Waals surface area (Å²) in [6.45, 7) is 3.36. The number of carbonyl (C=O) groups is 1. The molecule has 130 valence electrons. The molecule has 3 rings (SSSR count). The Bertz CT molecular complexity index is 733. The highest BCUT2D eigenvalue weighted by molar-refractivity contribution is 7.94. The molecule has 0 radical (unpaired) electrons. The van der Waals surface area contributed by atoms with Gasteiger partial charge in [0.15, 0.2) is 9.84 Å². The van der Waals surface area contributed by atoms with Crippen LogP contribution in [0.2, 0.25) is 0 Å². The number of nitrogens with zero attached hydrogens (tertiary/aromatic N) is 1. The fourth-order valence-corrected chi connectivity index (χ4v) is 4.61. The van der Waals surface area contributed by atoms with E-state index < -0.39 is 9.84 Å². The number of para-hydroxylation sites is 1. The van der Waals surface area contributed by atoms with Crippen molar-refractivity contribution in [3.63, 3.8) is 0 Å². The molecule has 1 saturated heterocycles. The van der Waals surface area contributed by atoms with E-state index in [1.54, 1.807) is 6.08 Å². The molecule has 1 aromatic rings. The molecule has 1 fully saturated rings. The van der Waals surface area contributed by atoms with Crippen molar-refractivity contribution < 1.29 is 17.9 Å². The Morgan fingerprint density at radius 3 is 2.58 bits per heavy atom. The lowest BCUT2D eigenvalue weighted by atomic mass is 10.0.